The minimum atomic E-state index is -0.234. The van der Waals surface area contributed by atoms with E-state index in [9.17, 15) is 4.79 Å². The first-order valence-corrected chi connectivity index (χ1v) is 10.7. The number of ether oxygens (including phenoxy) is 1. The van der Waals surface area contributed by atoms with Gasteiger partial charge in [-0.3, -0.25) is 9.79 Å². The lowest BCUT2D eigenvalue weighted by Crippen LogP contribution is -2.42. The standard InChI is InChI=1S/C25H30N2O2/c1-4-5-14-29-18-12-10-17(11-13-18)24-23-21(15-25(2,3)16-22(23)28)26-19-8-6-7-9-20(19)27-24/h6-13,23-24,27H,4-5,14-16H2,1-3H3/t23-,24-/m0/s1. The average molecular weight is 391 g/mol. The lowest BCUT2D eigenvalue weighted by molar-refractivity contribution is -0.124. The zero-order valence-electron chi connectivity index (χ0n) is 17.6. The first-order chi connectivity index (χ1) is 14.0. The van der Waals surface area contributed by atoms with E-state index in [0.717, 1.165) is 54.3 Å². The minimum absolute atomic E-state index is 0.0484. The number of nitrogens with one attached hydrogen (secondary N) is 1. The molecule has 1 heterocycles. The van der Waals surface area contributed by atoms with Gasteiger partial charge in [0.15, 0.2) is 0 Å². The van der Waals surface area contributed by atoms with Crippen LogP contribution in [0.1, 0.15) is 58.1 Å². The number of para-hydroxylation sites is 2. The molecule has 0 amide bonds. The number of anilines is 1. The van der Waals surface area contributed by atoms with E-state index in [1.807, 2.05) is 36.4 Å². The van der Waals surface area contributed by atoms with E-state index in [4.69, 9.17) is 9.73 Å². The van der Waals surface area contributed by atoms with Crippen molar-refractivity contribution in [3.63, 3.8) is 0 Å². The monoisotopic (exact) mass is 390 g/mol. The number of carbonyl (C=O) groups is 1. The fourth-order valence-electron chi connectivity index (χ4n) is 4.40. The molecular weight excluding hydrogens is 360 g/mol. The highest BCUT2D eigenvalue weighted by Gasteiger charge is 2.43. The molecule has 0 bridgehead atoms. The van der Waals surface area contributed by atoms with Crippen molar-refractivity contribution in [3.8, 4) is 5.75 Å². The Bertz CT molecular complexity index is 915. The predicted molar refractivity (Wildman–Crippen MR) is 118 cm³/mol. The molecule has 2 atom stereocenters. The van der Waals surface area contributed by atoms with Crippen molar-refractivity contribution in [1.82, 2.24) is 0 Å². The molecule has 4 nitrogen and oxygen atoms in total. The molecule has 1 aliphatic heterocycles. The van der Waals surface area contributed by atoms with Crippen molar-refractivity contribution in [3.05, 3.63) is 54.1 Å². The molecule has 2 aromatic carbocycles. The van der Waals surface area contributed by atoms with Gasteiger partial charge in [0.05, 0.1) is 29.9 Å². The normalized spacial score (nSPS) is 22.6. The number of hydrogen-bond donors (Lipinski definition) is 1. The van der Waals surface area contributed by atoms with Gasteiger partial charge in [0, 0.05) is 12.1 Å². The molecule has 1 saturated carbocycles. The van der Waals surface area contributed by atoms with Crippen LogP contribution in [-0.4, -0.2) is 18.1 Å². The molecule has 29 heavy (non-hydrogen) atoms. The van der Waals surface area contributed by atoms with Gasteiger partial charge in [-0.05, 0) is 48.1 Å². The summed E-state index contributed by atoms with van der Waals surface area (Å²) >= 11 is 0. The van der Waals surface area contributed by atoms with Crippen molar-refractivity contribution in [2.24, 2.45) is 16.3 Å². The summed E-state index contributed by atoms with van der Waals surface area (Å²) in [7, 11) is 0. The van der Waals surface area contributed by atoms with Gasteiger partial charge in [0.2, 0.25) is 0 Å². The maximum atomic E-state index is 13.2. The Morgan fingerprint density at radius 1 is 1.10 bits per heavy atom. The van der Waals surface area contributed by atoms with Crippen molar-refractivity contribution in [2.75, 3.05) is 11.9 Å². The lowest BCUT2D eigenvalue weighted by atomic mass is 9.68. The smallest absolute Gasteiger partial charge is 0.144 e. The van der Waals surface area contributed by atoms with Crippen molar-refractivity contribution in [1.29, 1.82) is 0 Å². The number of nitrogens with zero attached hydrogens (tertiary/aromatic N) is 1. The second kappa shape index (κ2) is 8.02. The molecule has 4 rings (SSSR count). The molecule has 152 valence electrons. The van der Waals surface area contributed by atoms with E-state index in [2.05, 4.69) is 38.2 Å². The molecule has 0 radical (unpaired) electrons. The van der Waals surface area contributed by atoms with Crippen LogP contribution in [0.15, 0.2) is 53.5 Å². The Morgan fingerprint density at radius 3 is 2.62 bits per heavy atom. The molecule has 2 aromatic rings. The van der Waals surface area contributed by atoms with E-state index in [1.165, 1.54) is 0 Å². The summed E-state index contributed by atoms with van der Waals surface area (Å²) in [4.78, 5) is 18.2. The Hall–Kier alpha value is -2.62. The molecule has 1 aliphatic carbocycles. The number of fused-ring (bicyclic) bond motifs is 2. The van der Waals surface area contributed by atoms with Crippen LogP contribution in [0, 0.1) is 11.3 Å². The quantitative estimate of drug-likeness (QED) is 0.627. The van der Waals surface area contributed by atoms with Gasteiger partial charge >= 0.3 is 0 Å². The summed E-state index contributed by atoms with van der Waals surface area (Å²) < 4.78 is 5.81. The second-order valence-corrected chi connectivity index (χ2v) is 8.98. The van der Waals surface area contributed by atoms with Crippen LogP contribution < -0.4 is 10.1 Å². The third kappa shape index (κ3) is 4.21. The predicted octanol–water partition coefficient (Wildman–Crippen LogP) is 6.11. The fraction of sp³-hybridized carbons (Fsp3) is 0.440. The first-order valence-electron chi connectivity index (χ1n) is 10.7. The first kappa shape index (κ1) is 19.7. The van der Waals surface area contributed by atoms with Gasteiger partial charge in [-0.15, -0.1) is 0 Å². The second-order valence-electron chi connectivity index (χ2n) is 8.98. The summed E-state index contributed by atoms with van der Waals surface area (Å²) in [6.07, 6.45) is 3.60. The van der Waals surface area contributed by atoms with Gasteiger partial charge in [-0.25, -0.2) is 0 Å². The summed E-state index contributed by atoms with van der Waals surface area (Å²) in [5.74, 6) is 0.914. The van der Waals surface area contributed by atoms with Crippen LogP contribution in [0.5, 0.6) is 5.75 Å². The molecule has 0 saturated heterocycles. The highest BCUT2D eigenvalue weighted by Crippen LogP contribution is 2.45. The molecule has 2 aliphatic rings. The van der Waals surface area contributed by atoms with Crippen LogP contribution in [-0.2, 0) is 4.79 Å². The average Bonchev–Trinajstić information content (AvgIpc) is 2.84. The number of benzene rings is 2. The number of hydrogen-bond acceptors (Lipinski definition) is 4. The van der Waals surface area contributed by atoms with Crippen LogP contribution in [0.4, 0.5) is 11.4 Å². The van der Waals surface area contributed by atoms with E-state index >= 15 is 0 Å². The Kier molecular flexibility index (Phi) is 5.44. The Balaban J connectivity index is 1.69. The van der Waals surface area contributed by atoms with Gasteiger partial charge in [-0.1, -0.05) is 51.5 Å². The molecule has 0 unspecified atom stereocenters. The van der Waals surface area contributed by atoms with Gasteiger partial charge < -0.3 is 10.1 Å². The Labute approximate surface area is 173 Å². The van der Waals surface area contributed by atoms with Crippen LogP contribution in [0.25, 0.3) is 0 Å². The van der Waals surface area contributed by atoms with Crippen LogP contribution in [0.2, 0.25) is 0 Å². The maximum absolute atomic E-state index is 13.2. The van der Waals surface area contributed by atoms with Gasteiger partial charge in [0.25, 0.3) is 0 Å². The topological polar surface area (TPSA) is 50.7 Å². The number of rotatable bonds is 5. The van der Waals surface area contributed by atoms with Crippen LogP contribution in [0.3, 0.4) is 0 Å². The van der Waals surface area contributed by atoms with E-state index in [0.29, 0.717) is 6.42 Å². The van der Waals surface area contributed by atoms with Crippen molar-refractivity contribution >= 4 is 22.9 Å². The molecule has 4 heteroatoms. The number of unbranched alkanes of at least 4 members (excludes halogenated alkanes) is 1. The van der Waals surface area contributed by atoms with Crippen molar-refractivity contribution < 1.29 is 9.53 Å². The molecule has 0 spiro atoms. The van der Waals surface area contributed by atoms with Crippen LogP contribution >= 0.6 is 0 Å². The largest absolute Gasteiger partial charge is 0.494 e. The van der Waals surface area contributed by atoms with E-state index in [-0.39, 0.29) is 23.2 Å². The summed E-state index contributed by atoms with van der Waals surface area (Å²) in [5.41, 5.74) is 3.94. The minimum Gasteiger partial charge on any atom is -0.494 e. The molecule has 0 aromatic heterocycles. The fourth-order valence-corrected chi connectivity index (χ4v) is 4.40. The zero-order valence-corrected chi connectivity index (χ0v) is 17.6. The van der Waals surface area contributed by atoms with Gasteiger partial charge in [-0.2, -0.15) is 0 Å². The molecule has 1 fully saturated rings. The summed E-state index contributed by atoms with van der Waals surface area (Å²) in [5, 5.41) is 3.63. The number of aliphatic imine (C=N–C) groups is 1. The molecule has 1 N–H and O–H groups in total. The summed E-state index contributed by atoms with van der Waals surface area (Å²) in [6.45, 7) is 7.21. The third-order valence-corrected chi connectivity index (χ3v) is 5.84. The highest BCUT2D eigenvalue weighted by atomic mass is 16.5. The SMILES string of the molecule is CCCCOc1ccc([C@@H]2Nc3ccccc3N=C3CC(C)(C)CC(=O)[C@H]32)cc1. The number of Topliss-reactive ketones (excluding diaryl/α,β-unsaturated/α-hetero) is 1. The number of ketones is 1. The molecular formula is C25H30N2O2. The van der Waals surface area contributed by atoms with E-state index in [1.54, 1.807) is 0 Å². The number of carbonyl (C=O) groups excluding carboxylic acids is 1. The lowest BCUT2D eigenvalue weighted by Gasteiger charge is -2.37. The highest BCUT2D eigenvalue weighted by molar-refractivity contribution is 6.10. The van der Waals surface area contributed by atoms with E-state index < -0.39 is 0 Å². The Morgan fingerprint density at radius 2 is 1.86 bits per heavy atom. The van der Waals surface area contributed by atoms with Crippen molar-refractivity contribution in [2.45, 2.75) is 52.5 Å². The zero-order chi connectivity index (χ0) is 20.4. The third-order valence-electron chi connectivity index (χ3n) is 5.84. The summed E-state index contributed by atoms with van der Waals surface area (Å²) in [6, 6.07) is 16.1. The van der Waals surface area contributed by atoms with Gasteiger partial charge in [0.1, 0.15) is 11.5 Å². The maximum Gasteiger partial charge on any atom is 0.144 e.